The van der Waals surface area contributed by atoms with Crippen molar-refractivity contribution in [3.05, 3.63) is 59.7 Å². The second kappa shape index (κ2) is 11.5. The molecule has 170 valence electrons. The molecule has 0 fully saturated rings. The first kappa shape index (κ1) is 24.4. The maximum absolute atomic E-state index is 10.9. The number of rotatable bonds is 11. The van der Waals surface area contributed by atoms with Crippen LogP contribution in [-0.2, 0) is 0 Å². The predicted molar refractivity (Wildman–Crippen MR) is 115 cm³/mol. The van der Waals surface area contributed by atoms with Crippen molar-refractivity contribution in [1.82, 2.24) is 0 Å². The van der Waals surface area contributed by atoms with Gasteiger partial charge in [-0.25, -0.2) is 9.59 Å². The monoisotopic (exact) mass is 446 g/mol. The van der Waals surface area contributed by atoms with E-state index in [0.717, 1.165) is 6.21 Å². The van der Waals surface area contributed by atoms with E-state index in [1.54, 1.807) is 0 Å². The molecule has 0 saturated heterocycles. The molecule has 12 heteroatoms. The summed E-state index contributed by atoms with van der Waals surface area (Å²) in [7, 11) is 0. The molecule has 0 aliphatic heterocycles. The van der Waals surface area contributed by atoms with Crippen LogP contribution in [-0.4, -0.2) is 79.4 Å². The Labute approximate surface area is 181 Å². The van der Waals surface area contributed by atoms with E-state index in [9.17, 15) is 24.9 Å². The lowest BCUT2D eigenvalue weighted by molar-refractivity contribution is -0.0548. The molecule has 32 heavy (non-hydrogen) atoms. The van der Waals surface area contributed by atoms with Crippen molar-refractivity contribution in [2.45, 2.75) is 18.3 Å². The summed E-state index contributed by atoms with van der Waals surface area (Å²) < 4.78 is 0. The van der Waals surface area contributed by atoms with Gasteiger partial charge in [0.2, 0.25) is 0 Å². The van der Waals surface area contributed by atoms with E-state index < -0.39 is 36.9 Å². The quantitative estimate of drug-likeness (QED) is 0.172. The highest BCUT2D eigenvalue weighted by Crippen LogP contribution is 2.11. The molecule has 3 atom stereocenters. The molecular formula is C20H22N4O8. The van der Waals surface area contributed by atoms with Crippen molar-refractivity contribution in [3.63, 3.8) is 0 Å². The number of carboxylic acid groups (broad SMARTS) is 2. The first-order valence-electron chi connectivity index (χ1n) is 9.17. The van der Waals surface area contributed by atoms with Crippen LogP contribution < -0.4 is 10.9 Å². The topological polar surface area (TPSA) is 204 Å². The Morgan fingerprint density at radius 3 is 1.75 bits per heavy atom. The van der Waals surface area contributed by atoms with Gasteiger partial charge >= 0.3 is 11.9 Å². The minimum Gasteiger partial charge on any atom is -0.478 e. The van der Waals surface area contributed by atoms with E-state index in [1.165, 1.54) is 48.5 Å². The van der Waals surface area contributed by atoms with Crippen LogP contribution in [0.2, 0.25) is 0 Å². The predicted octanol–water partition coefficient (Wildman–Crippen LogP) is 0.0238. The molecule has 0 aromatic heterocycles. The van der Waals surface area contributed by atoms with Gasteiger partial charge in [0.15, 0.2) is 0 Å². The highest BCUT2D eigenvalue weighted by Gasteiger charge is 2.28. The zero-order valence-corrected chi connectivity index (χ0v) is 16.5. The molecule has 12 nitrogen and oxygen atoms in total. The standard InChI is InChI=1S/C20H22N4O8/c25-10-16(26)18(28)17(27)15(24-23-14-7-3-12(4-8-14)20(31)32)9-21-22-13-5-1-11(2-6-13)19(29)30/h1-9,16-18,22-23,25-28H,10H2,(H,29,30)(H,31,32). The maximum atomic E-state index is 10.9. The van der Waals surface area contributed by atoms with E-state index in [4.69, 9.17) is 15.3 Å². The number of aromatic carboxylic acids is 2. The van der Waals surface area contributed by atoms with Crippen LogP contribution in [0.5, 0.6) is 0 Å². The van der Waals surface area contributed by atoms with Gasteiger partial charge in [0, 0.05) is 0 Å². The number of carbonyl (C=O) groups is 2. The number of hydrazone groups is 2. The number of anilines is 2. The van der Waals surface area contributed by atoms with Gasteiger partial charge in [-0.15, -0.1) is 0 Å². The number of aliphatic hydroxyl groups excluding tert-OH is 4. The Bertz CT molecular complexity index is 976. The van der Waals surface area contributed by atoms with Crippen molar-refractivity contribution in [1.29, 1.82) is 0 Å². The van der Waals surface area contributed by atoms with Gasteiger partial charge in [0.1, 0.15) is 24.0 Å². The second-order valence-electron chi connectivity index (χ2n) is 6.47. The van der Waals surface area contributed by atoms with Crippen molar-refractivity contribution in [2.24, 2.45) is 10.2 Å². The molecule has 2 rings (SSSR count). The molecule has 0 amide bonds. The van der Waals surface area contributed by atoms with E-state index >= 15 is 0 Å². The normalized spacial score (nSPS) is 14.6. The van der Waals surface area contributed by atoms with Gasteiger partial charge in [0.05, 0.1) is 35.3 Å². The van der Waals surface area contributed by atoms with Crippen LogP contribution >= 0.6 is 0 Å². The Hall–Kier alpha value is -3.84. The molecule has 0 aliphatic carbocycles. The van der Waals surface area contributed by atoms with Gasteiger partial charge in [-0.1, -0.05) is 0 Å². The summed E-state index contributed by atoms with van der Waals surface area (Å²) in [5.74, 6) is -2.19. The number of nitrogens with one attached hydrogen (secondary N) is 2. The third kappa shape index (κ3) is 6.85. The summed E-state index contributed by atoms with van der Waals surface area (Å²) in [5.41, 5.74) is 5.85. The Balaban J connectivity index is 2.18. The number of carboxylic acids is 2. The summed E-state index contributed by atoms with van der Waals surface area (Å²) in [5, 5.41) is 64.5. The highest BCUT2D eigenvalue weighted by atomic mass is 16.4. The molecule has 8 N–H and O–H groups in total. The first-order chi connectivity index (χ1) is 15.2. The first-order valence-corrected chi connectivity index (χ1v) is 9.17. The van der Waals surface area contributed by atoms with Crippen molar-refractivity contribution in [2.75, 3.05) is 17.5 Å². The molecule has 2 aromatic carbocycles. The number of hydrogen-bond donors (Lipinski definition) is 8. The third-order valence-electron chi connectivity index (χ3n) is 4.18. The Kier molecular flexibility index (Phi) is 8.80. The lowest BCUT2D eigenvalue weighted by Gasteiger charge is -2.21. The molecule has 0 radical (unpaired) electrons. The third-order valence-corrected chi connectivity index (χ3v) is 4.18. The van der Waals surface area contributed by atoms with Crippen LogP contribution in [0.4, 0.5) is 11.4 Å². The lowest BCUT2D eigenvalue weighted by Crippen LogP contribution is -2.44. The zero-order valence-electron chi connectivity index (χ0n) is 16.5. The molecule has 0 spiro atoms. The summed E-state index contributed by atoms with van der Waals surface area (Å²) >= 11 is 0. The van der Waals surface area contributed by atoms with E-state index in [1.807, 2.05) is 0 Å². The van der Waals surface area contributed by atoms with Crippen LogP contribution in [0.1, 0.15) is 20.7 Å². The SMILES string of the molecule is O=C(O)c1ccc(NN=CC(=NNc2ccc(C(=O)O)cc2)C(O)C(O)C(O)CO)cc1. The maximum Gasteiger partial charge on any atom is 0.335 e. The van der Waals surface area contributed by atoms with Gasteiger partial charge in [-0.3, -0.25) is 10.9 Å². The van der Waals surface area contributed by atoms with Crippen molar-refractivity contribution >= 4 is 35.2 Å². The molecule has 0 heterocycles. The van der Waals surface area contributed by atoms with Crippen LogP contribution in [0.3, 0.4) is 0 Å². The minimum atomic E-state index is -1.78. The largest absolute Gasteiger partial charge is 0.478 e. The van der Waals surface area contributed by atoms with E-state index in [0.29, 0.717) is 11.4 Å². The smallest absolute Gasteiger partial charge is 0.335 e. The van der Waals surface area contributed by atoms with Crippen LogP contribution in [0, 0.1) is 0 Å². The molecule has 3 unspecified atom stereocenters. The fraction of sp³-hybridized carbons (Fsp3) is 0.200. The Morgan fingerprint density at radius 1 is 0.844 bits per heavy atom. The fourth-order valence-electron chi connectivity index (χ4n) is 2.34. The average molecular weight is 446 g/mol. The number of hydrogen-bond acceptors (Lipinski definition) is 10. The number of aliphatic hydroxyl groups is 4. The van der Waals surface area contributed by atoms with Gasteiger partial charge in [-0.05, 0) is 48.5 Å². The molecule has 0 bridgehead atoms. The summed E-state index contributed by atoms with van der Waals surface area (Å²) in [6, 6.07) is 11.1. The van der Waals surface area contributed by atoms with Crippen molar-refractivity contribution in [3.8, 4) is 0 Å². The summed E-state index contributed by atoms with van der Waals surface area (Å²) in [6.45, 7) is -0.805. The van der Waals surface area contributed by atoms with Crippen LogP contribution in [0.25, 0.3) is 0 Å². The number of benzene rings is 2. The van der Waals surface area contributed by atoms with Gasteiger partial charge in [0.25, 0.3) is 0 Å². The lowest BCUT2D eigenvalue weighted by atomic mass is 10.0. The Morgan fingerprint density at radius 2 is 1.31 bits per heavy atom. The molecule has 2 aromatic rings. The summed E-state index contributed by atoms with van der Waals surface area (Å²) in [6.07, 6.45) is -4.13. The van der Waals surface area contributed by atoms with Gasteiger partial charge in [-0.2, -0.15) is 10.2 Å². The van der Waals surface area contributed by atoms with E-state index in [2.05, 4.69) is 21.1 Å². The zero-order chi connectivity index (χ0) is 23.7. The minimum absolute atomic E-state index is 0.0564. The highest BCUT2D eigenvalue weighted by molar-refractivity contribution is 6.33. The fourth-order valence-corrected chi connectivity index (χ4v) is 2.34. The molecule has 0 aliphatic rings. The van der Waals surface area contributed by atoms with E-state index in [-0.39, 0.29) is 16.8 Å². The van der Waals surface area contributed by atoms with Gasteiger partial charge < -0.3 is 30.6 Å². The summed E-state index contributed by atoms with van der Waals surface area (Å²) in [4.78, 5) is 21.8. The number of nitrogens with zero attached hydrogens (tertiary/aromatic N) is 2. The van der Waals surface area contributed by atoms with Crippen molar-refractivity contribution < 1.29 is 40.2 Å². The second-order valence-corrected chi connectivity index (χ2v) is 6.47. The molecular weight excluding hydrogens is 424 g/mol. The van der Waals surface area contributed by atoms with Crippen LogP contribution in [0.15, 0.2) is 58.7 Å². The molecule has 0 saturated carbocycles. The average Bonchev–Trinajstić information content (AvgIpc) is 2.80.